The Hall–Kier alpha value is -1.71. The minimum absolute atomic E-state index is 0.137. The van der Waals surface area contributed by atoms with E-state index < -0.39 is 5.92 Å². The molecular formula is C16H22O4. The predicted molar refractivity (Wildman–Crippen MR) is 76.1 cm³/mol. The number of hydrogen-bond acceptors (Lipinski definition) is 4. The van der Waals surface area contributed by atoms with Gasteiger partial charge in [-0.05, 0) is 42.7 Å². The van der Waals surface area contributed by atoms with Gasteiger partial charge >= 0.3 is 5.97 Å². The van der Waals surface area contributed by atoms with Crippen molar-refractivity contribution in [3.63, 3.8) is 0 Å². The fourth-order valence-corrected chi connectivity index (χ4v) is 3.22. The Labute approximate surface area is 119 Å². The molecule has 0 spiro atoms. The van der Waals surface area contributed by atoms with Crippen LogP contribution in [0.5, 0.6) is 11.5 Å². The van der Waals surface area contributed by atoms with Gasteiger partial charge < -0.3 is 14.9 Å². The molecule has 2 atom stereocenters. The van der Waals surface area contributed by atoms with Crippen molar-refractivity contribution in [1.82, 2.24) is 0 Å². The van der Waals surface area contributed by atoms with Crippen molar-refractivity contribution in [3.8, 4) is 11.5 Å². The van der Waals surface area contributed by atoms with Crippen molar-refractivity contribution in [2.75, 3.05) is 7.11 Å². The molecule has 4 heteroatoms. The van der Waals surface area contributed by atoms with E-state index in [4.69, 9.17) is 4.74 Å². The fraction of sp³-hybridized carbons (Fsp3) is 0.562. The molecule has 0 unspecified atom stereocenters. The first-order valence-electron chi connectivity index (χ1n) is 7.01. The predicted octanol–water partition coefficient (Wildman–Crippen LogP) is 3.20. The number of ether oxygens (including phenoxy) is 1. The zero-order valence-corrected chi connectivity index (χ0v) is 12.4. The number of hydrogen-bond donors (Lipinski definition) is 2. The number of aryl methyl sites for hydroxylation is 1. The van der Waals surface area contributed by atoms with Crippen LogP contribution in [0.3, 0.4) is 0 Å². The molecule has 2 N–H and O–H groups in total. The van der Waals surface area contributed by atoms with Gasteiger partial charge in [0, 0.05) is 5.56 Å². The Bertz CT molecular complexity index is 534. The summed E-state index contributed by atoms with van der Waals surface area (Å²) in [4.78, 5) is 11.9. The van der Waals surface area contributed by atoms with Crippen molar-refractivity contribution in [2.24, 2.45) is 5.92 Å². The van der Waals surface area contributed by atoms with Crippen LogP contribution in [0.1, 0.15) is 55.2 Å². The summed E-state index contributed by atoms with van der Waals surface area (Å²) < 4.78 is 4.84. The second-order valence-corrected chi connectivity index (χ2v) is 5.90. The van der Waals surface area contributed by atoms with Crippen LogP contribution in [0.2, 0.25) is 0 Å². The van der Waals surface area contributed by atoms with Crippen molar-refractivity contribution < 1.29 is 19.7 Å². The average Bonchev–Trinajstić information content (AvgIpc) is 2.42. The molecule has 0 fully saturated rings. The lowest BCUT2D eigenvalue weighted by molar-refractivity contribution is -0.142. The Balaban J connectivity index is 2.64. The summed E-state index contributed by atoms with van der Waals surface area (Å²) in [7, 11) is 1.35. The summed E-state index contributed by atoms with van der Waals surface area (Å²) in [6, 6.07) is 1.89. The van der Waals surface area contributed by atoms with E-state index in [9.17, 15) is 15.0 Å². The Morgan fingerprint density at radius 3 is 2.50 bits per heavy atom. The third kappa shape index (κ3) is 2.23. The SMILES string of the molecule is COC(=O)[C@H]1CC[C@@H](C(C)C)c2cc(C)c(O)c(O)c21. The number of methoxy groups -OCH3 is 1. The smallest absolute Gasteiger partial charge is 0.313 e. The third-order valence-corrected chi connectivity index (χ3v) is 4.34. The van der Waals surface area contributed by atoms with Crippen LogP contribution in [0, 0.1) is 12.8 Å². The maximum atomic E-state index is 11.9. The third-order valence-electron chi connectivity index (χ3n) is 4.34. The van der Waals surface area contributed by atoms with Gasteiger partial charge in [0.25, 0.3) is 0 Å². The Kier molecular flexibility index (Phi) is 3.93. The molecule has 1 aliphatic rings. The van der Waals surface area contributed by atoms with Gasteiger partial charge in [-0.3, -0.25) is 4.79 Å². The molecule has 0 aromatic heterocycles. The quantitative estimate of drug-likeness (QED) is 0.644. The number of benzene rings is 1. The van der Waals surface area contributed by atoms with Crippen LogP contribution in [0.25, 0.3) is 0 Å². The van der Waals surface area contributed by atoms with E-state index in [-0.39, 0.29) is 23.4 Å². The maximum absolute atomic E-state index is 11.9. The number of rotatable bonds is 2. The second kappa shape index (κ2) is 5.35. The summed E-state index contributed by atoms with van der Waals surface area (Å²) in [6.45, 7) is 6.02. The highest BCUT2D eigenvalue weighted by Gasteiger charge is 2.37. The summed E-state index contributed by atoms with van der Waals surface area (Å²) in [5.74, 6) is -0.446. The summed E-state index contributed by atoms with van der Waals surface area (Å²) in [6.07, 6.45) is 1.52. The molecule has 0 amide bonds. The van der Waals surface area contributed by atoms with Gasteiger partial charge in [-0.25, -0.2) is 0 Å². The van der Waals surface area contributed by atoms with E-state index in [1.165, 1.54) is 7.11 Å². The minimum atomic E-state index is -0.489. The number of phenolic OH excluding ortho intramolecular Hbond substituents is 2. The highest BCUT2D eigenvalue weighted by atomic mass is 16.5. The molecule has 1 aliphatic carbocycles. The normalized spacial score (nSPS) is 21.6. The highest BCUT2D eigenvalue weighted by Crippen LogP contribution is 2.50. The molecule has 0 saturated heterocycles. The lowest BCUT2D eigenvalue weighted by atomic mass is 9.71. The van der Waals surface area contributed by atoms with E-state index in [2.05, 4.69) is 13.8 Å². The van der Waals surface area contributed by atoms with Gasteiger partial charge in [0.1, 0.15) is 0 Å². The van der Waals surface area contributed by atoms with Crippen LogP contribution in [-0.2, 0) is 9.53 Å². The first-order valence-corrected chi connectivity index (χ1v) is 7.01. The molecule has 0 radical (unpaired) electrons. The number of phenols is 2. The molecule has 20 heavy (non-hydrogen) atoms. The number of fused-ring (bicyclic) bond motifs is 1. The lowest BCUT2D eigenvalue weighted by Gasteiger charge is -2.33. The first kappa shape index (κ1) is 14.7. The molecule has 0 heterocycles. The van der Waals surface area contributed by atoms with Crippen LogP contribution in [0.4, 0.5) is 0 Å². The summed E-state index contributed by atoms with van der Waals surface area (Å²) in [5.41, 5.74) is 2.15. The lowest BCUT2D eigenvalue weighted by Crippen LogP contribution is -2.24. The van der Waals surface area contributed by atoms with E-state index >= 15 is 0 Å². The minimum Gasteiger partial charge on any atom is -0.504 e. The van der Waals surface area contributed by atoms with Crippen LogP contribution in [-0.4, -0.2) is 23.3 Å². The van der Waals surface area contributed by atoms with Gasteiger partial charge in [-0.1, -0.05) is 19.9 Å². The molecule has 1 aromatic rings. The Morgan fingerprint density at radius 1 is 1.30 bits per heavy atom. The number of carbonyl (C=O) groups excluding carboxylic acids is 1. The van der Waals surface area contributed by atoms with Gasteiger partial charge in [0.15, 0.2) is 11.5 Å². The summed E-state index contributed by atoms with van der Waals surface area (Å²) >= 11 is 0. The van der Waals surface area contributed by atoms with Crippen molar-refractivity contribution in [1.29, 1.82) is 0 Å². The van der Waals surface area contributed by atoms with Crippen molar-refractivity contribution in [3.05, 3.63) is 22.8 Å². The van der Waals surface area contributed by atoms with E-state index in [0.717, 1.165) is 12.0 Å². The average molecular weight is 278 g/mol. The van der Waals surface area contributed by atoms with E-state index in [1.54, 1.807) is 6.92 Å². The second-order valence-electron chi connectivity index (χ2n) is 5.90. The highest BCUT2D eigenvalue weighted by molar-refractivity contribution is 5.81. The molecule has 2 rings (SSSR count). The monoisotopic (exact) mass is 278 g/mol. The van der Waals surface area contributed by atoms with Gasteiger partial charge in [0.2, 0.25) is 0 Å². The molecule has 0 aliphatic heterocycles. The molecule has 110 valence electrons. The molecule has 0 bridgehead atoms. The van der Waals surface area contributed by atoms with Crippen molar-refractivity contribution >= 4 is 5.97 Å². The van der Waals surface area contributed by atoms with Gasteiger partial charge in [-0.15, -0.1) is 0 Å². The molecular weight excluding hydrogens is 256 g/mol. The van der Waals surface area contributed by atoms with Crippen LogP contribution >= 0.6 is 0 Å². The zero-order chi connectivity index (χ0) is 15.0. The van der Waals surface area contributed by atoms with Gasteiger partial charge in [-0.2, -0.15) is 0 Å². The maximum Gasteiger partial charge on any atom is 0.313 e. The summed E-state index contributed by atoms with van der Waals surface area (Å²) in [5, 5.41) is 20.2. The van der Waals surface area contributed by atoms with E-state index in [1.807, 2.05) is 6.07 Å². The zero-order valence-electron chi connectivity index (χ0n) is 12.4. The largest absolute Gasteiger partial charge is 0.504 e. The molecule has 0 saturated carbocycles. The van der Waals surface area contributed by atoms with Crippen LogP contribution in [0.15, 0.2) is 6.07 Å². The topological polar surface area (TPSA) is 66.8 Å². The fourth-order valence-electron chi connectivity index (χ4n) is 3.22. The number of aromatic hydroxyl groups is 2. The van der Waals surface area contributed by atoms with Crippen molar-refractivity contribution in [2.45, 2.75) is 45.4 Å². The molecule has 4 nitrogen and oxygen atoms in total. The standard InChI is InChI=1S/C16H22O4/c1-8(2)10-5-6-11(16(19)20-4)13-12(10)7-9(3)14(17)15(13)18/h7-8,10-11,17-18H,5-6H2,1-4H3/t10-,11-/m0/s1. The molecule has 1 aromatic carbocycles. The Morgan fingerprint density at radius 2 is 1.95 bits per heavy atom. The van der Waals surface area contributed by atoms with E-state index in [0.29, 0.717) is 23.5 Å². The van der Waals surface area contributed by atoms with Crippen LogP contribution < -0.4 is 0 Å². The number of esters is 1. The first-order chi connectivity index (χ1) is 9.38. The number of carbonyl (C=O) groups is 1. The van der Waals surface area contributed by atoms with Gasteiger partial charge in [0.05, 0.1) is 13.0 Å².